The topological polar surface area (TPSA) is 38.3 Å². The molecule has 0 amide bonds. The number of fused-ring (bicyclic) bond motifs is 1. The molecule has 1 N–H and O–H groups in total. The molecule has 0 bridgehead atoms. The third-order valence-electron chi connectivity index (χ3n) is 2.49. The van der Waals surface area contributed by atoms with Crippen LogP contribution in [0.4, 0.5) is 0 Å². The molecule has 1 aromatic carbocycles. The number of para-hydroxylation sites is 1. The summed E-state index contributed by atoms with van der Waals surface area (Å²) in [6, 6.07) is 7.33. The molecule has 0 saturated carbocycles. The quantitative estimate of drug-likeness (QED) is 0.755. The first-order valence-electron chi connectivity index (χ1n) is 5.71. The van der Waals surface area contributed by atoms with Crippen molar-refractivity contribution in [1.29, 1.82) is 0 Å². The fourth-order valence-electron chi connectivity index (χ4n) is 1.58. The average Bonchev–Trinajstić information content (AvgIpc) is 2.27. The van der Waals surface area contributed by atoms with Crippen LogP contribution in [0.3, 0.4) is 0 Å². The van der Waals surface area contributed by atoms with Crippen molar-refractivity contribution in [2.45, 2.75) is 26.3 Å². The molecule has 17 heavy (non-hydrogen) atoms. The molecule has 0 aromatic heterocycles. The highest BCUT2D eigenvalue weighted by Gasteiger charge is 2.23. The van der Waals surface area contributed by atoms with Crippen LogP contribution in [0.15, 0.2) is 36.0 Å². The Morgan fingerprint density at radius 1 is 1.29 bits per heavy atom. The summed E-state index contributed by atoms with van der Waals surface area (Å²) in [4.78, 5) is 12.1. The van der Waals surface area contributed by atoms with E-state index < -0.39 is 0 Å². The number of ketones is 1. The molecule has 0 unspecified atom stereocenters. The number of carbonyl (C=O) groups is 1. The Hall–Kier alpha value is -1.77. The number of benzene rings is 1. The first-order chi connectivity index (χ1) is 7.97. The minimum atomic E-state index is -0.0513. The lowest BCUT2D eigenvalue weighted by atomic mass is 10.0. The summed E-state index contributed by atoms with van der Waals surface area (Å²) < 4.78 is 5.54. The zero-order chi connectivity index (χ0) is 12.5. The van der Waals surface area contributed by atoms with Crippen LogP contribution in [0, 0.1) is 0 Å². The van der Waals surface area contributed by atoms with Gasteiger partial charge >= 0.3 is 0 Å². The maximum absolute atomic E-state index is 12.1. The minimum Gasteiger partial charge on any atom is -0.488 e. The lowest BCUT2D eigenvalue weighted by Crippen LogP contribution is -2.33. The molecule has 2 rings (SSSR count). The fraction of sp³-hybridized carbons (Fsp3) is 0.357. The average molecular weight is 231 g/mol. The van der Waals surface area contributed by atoms with E-state index in [-0.39, 0.29) is 11.3 Å². The van der Waals surface area contributed by atoms with Gasteiger partial charge in [-0.05, 0) is 32.9 Å². The van der Waals surface area contributed by atoms with E-state index in [4.69, 9.17) is 4.74 Å². The maximum Gasteiger partial charge on any atom is 0.197 e. The van der Waals surface area contributed by atoms with Gasteiger partial charge in [0.25, 0.3) is 0 Å². The van der Waals surface area contributed by atoms with Crippen molar-refractivity contribution in [3.05, 3.63) is 41.6 Å². The highest BCUT2D eigenvalue weighted by Crippen LogP contribution is 2.26. The van der Waals surface area contributed by atoms with Crippen LogP contribution >= 0.6 is 0 Å². The summed E-state index contributed by atoms with van der Waals surface area (Å²) in [5.41, 5.74) is 1.25. The lowest BCUT2D eigenvalue weighted by Gasteiger charge is -2.22. The molecular formula is C14H17NO2. The van der Waals surface area contributed by atoms with E-state index in [0.29, 0.717) is 23.5 Å². The van der Waals surface area contributed by atoms with Crippen molar-refractivity contribution < 1.29 is 9.53 Å². The van der Waals surface area contributed by atoms with Crippen molar-refractivity contribution in [3.8, 4) is 5.75 Å². The van der Waals surface area contributed by atoms with Crippen molar-refractivity contribution in [2.75, 3.05) is 6.61 Å². The van der Waals surface area contributed by atoms with Gasteiger partial charge in [-0.25, -0.2) is 0 Å². The zero-order valence-corrected chi connectivity index (χ0v) is 10.4. The molecule has 3 heteroatoms. The third kappa shape index (κ3) is 2.67. The highest BCUT2D eigenvalue weighted by atomic mass is 16.5. The Morgan fingerprint density at radius 3 is 2.71 bits per heavy atom. The zero-order valence-electron chi connectivity index (χ0n) is 10.4. The summed E-state index contributed by atoms with van der Waals surface area (Å²) >= 11 is 0. The second-order valence-corrected chi connectivity index (χ2v) is 5.18. The van der Waals surface area contributed by atoms with Gasteiger partial charge in [0.05, 0.1) is 11.1 Å². The second kappa shape index (κ2) is 4.24. The van der Waals surface area contributed by atoms with Gasteiger partial charge < -0.3 is 10.1 Å². The number of hydrogen-bond acceptors (Lipinski definition) is 3. The molecule has 0 aliphatic carbocycles. The smallest absolute Gasteiger partial charge is 0.197 e. The molecule has 1 aliphatic rings. The van der Waals surface area contributed by atoms with Crippen LogP contribution in [-0.4, -0.2) is 17.9 Å². The molecular weight excluding hydrogens is 214 g/mol. The standard InChI is InChI=1S/C14H17NO2/c1-14(2,3)15-8-10-9-17-12-7-5-4-6-11(12)13(10)16/h4-8,15H,9H2,1-3H3. The van der Waals surface area contributed by atoms with E-state index >= 15 is 0 Å². The summed E-state index contributed by atoms with van der Waals surface area (Å²) in [6.07, 6.45) is 1.76. The first kappa shape index (κ1) is 11.7. The Labute approximate surface area is 101 Å². The largest absolute Gasteiger partial charge is 0.488 e. The monoisotopic (exact) mass is 231 g/mol. The molecule has 0 radical (unpaired) electrons. The van der Waals surface area contributed by atoms with Crippen LogP contribution in [0.2, 0.25) is 0 Å². The van der Waals surface area contributed by atoms with Crippen molar-refractivity contribution >= 4 is 5.78 Å². The number of hydrogen-bond donors (Lipinski definition) is 1. The summed E-state index contributed by atoms with van der Waals surface area (Å²) in [5, 5.41) is 3.19. The molecule has 0 saturated heterocycles. The van der Waals surface area contributed by atoms with Crippen LogP contribution in [-0.2, 0) is 0 Å². The summed E-state index contributed by atoms with van der Waals surface area (Å²) in [7, 11) is 0. The Kier molecular flexibility index (Phi) is 2.92. The van der Waals surface area contributed by atoms with Crippen molar-refractivity contribution in [3.63, 3.8) is 0 Å². The molecule has 3 nitrogen and oxygen atoms in total. The van der Waals surface area contributed by atoms with E-state index in [1.807, 2.05) is 39.0 Å². The SMILES string of the molecule is CC(C)(C)NC=C1COc2ccccc2C1=O. The molecule has 0 fully saturated rings. The van der Waals surface area contributed by atoms with Gasteiger partial charge in [-0.1, -0.05) is 12.1 Å². The van der Waals surface area contributed by atoms with E-state index in [9.17, 15) is 4.79 Å². The number of Topliss-reactive ketones (excluding diaryl/α,β-unsaturated/α-hetero) is 1. The number of rotatable bonds is 1. The Balaban J connectivity index is 2.23. The molecule has 1 aliphatic heterocycles. The summed E-state index contributed by atoms with van der Waals surface area (Å²) in [5.74, 6) is 0.717. The molecule has 0 atom stereocenters. The van der Waals surface area contributed by atoms with Crippen LogP contribution in [0.25, 0.3) is 0 Å². The van der Waals surface area contributed by atoms with Crippen LogP contribution < -0.4 is 10.1 Å². The predicted molar refractivity (Wildman–Crippen MR) is 67.2 cm³/mol. The number of nitrogens with one attached hydrogen (secondary N) is 1. The van der Waals surface area contributed by atoms with Gasteiger partial charge in [0.2, 0.25) is 0 Å². The molecule has 1 aromatic rings. The highest BCUT2D eigenvalue weighted by molar-refractivity contribution is 6.11. The van der Waals surface area contributed by atoms with Gasteiger partial charge in [-0.2, -0.15) is 0 Å². The molecule has 0 spiro atoms. The fourth-order valence-corrected chi connectivity index (χ4v) is 1.58. The Bertz CT molecular complexity index is 469. The van der Waals surface area contributed by atoms with Gasteiger partial charge in [-0.15, -0.1) is 0 Å². The minimum absolute atomic E-state index is 0.0450. The van der Waals surface area contributed by atoms with Gasteiger partial charge in [0, 0.05) is 11.7 Å². The molecule has 90 valence electrons. The normalized spacial score (nSPS) is 17.6. The van der Waals surface area contributed by atoms with E-state index in [2.05, 4.69) is 5.32 Å². The first-order valence-corrected chi connectivity index (χ1v) is 5.71. The lowest BCUT2D eigenvalue weighted by molar-refractivity contribution is 0.0998. The van der Waals surface area contributed by atoms with E-state index in [1.54, 1.807) is 12.3 Å². The number of ether oxygens (including phenoxy) is 1. The van der Waals surface area contributed by atoms with E-state index in [0.717, 1.165) is 0 Å². The summed E-state index contributed by atoms with van der Waals surface area (Å²) in [6.45, 7) is 6.48. The van der Waals surface area contributed by atoms with Crippen molar-refractivity contribution in [2.24, 2.45) is 0 Å². The van der Waals surface area contributed by atoms with Gasteiger partial charge in [0.1, 0.15) is 12.4 Å². The van der Waals surface area contributed by atoms with Crippen molar-refractivity contribution in [1.82, 2.24) is 5.32 Å². The van der Waals surface area contributed by atoms with Crippen LogP contribution in [0.1, 0.15) is 31.1 Å². The predicted octanol–water partition coefficient (Wildman–Crippen LogP) is 2.53. The second-order valence-electron chi connectivity index (χ2n) is 5.18. The molecule has 1 heterocycles. The third-order valence-corrected chi connectivity index (χ3v) is 2.49. The number of carbonyl (C=O) groups excluding carboxylic acids is 1. The van der Waals surface area contributed by atoms with Crippen LogP contribution in [0.5, 0.6) is 5.75 Å². The van der Waals surface area contributed by atoms with Gasteiger partial charge in [-0.3, -0.25) is 4.79 Å². The maximum atomic E-state index is 12.1. The van der Waals surface area contributed by atoms with Gasteiger partial charge in [0.15, 0.2) is 5.78 Å². The Morgan fingerprint density at radius 2 is 2.00 bits per heavy atom. The van der Waals surface area contributed by atoms with E-state index in [1.165, 1.54) is 0 Å².